The zero-order valence-corrected chi connectivity index (χ0v) is 12.4. The smallest absolute Gasteiger partial charge is 0.194 e. The topological polar surface area (TPSA) is 87.3 Å². The molecule has 110 valence electrons. The maximum atomic E-state index is 7.58. The van der Waals surface area contributed by atoms with Gasteiger partial charge in [-0.25, -0.2) is 0 Å². The van der Waals surface area contributed by atoms with Crippen LogP contribution in [0.15, 0.2) is 24.5 Å². The number of ether oxygens (including phenoxy) is 1. The van der Waals surface area contributed by atoms with E-state index in [9.17, 15) is 0 Å². The summed E-state index contributed by atoms with van der Waals surface area (Å²) in [6, 6.07) is 3.94. The molecule has 0 aliphatic heterocycles. The van der Waals surface area contributed by atoms with E-state index < -0.39 is 0 Å². The Kier molecular flexibility index (Phi) is 7.52. The summed E-state index contributed by atoms with van der Waals surface area (Å²) in [5.74, 6) is -0.0499. The molecule has 1 aromatic rings. The second-order valence-electron chi connectivity index (χ2n) is 4.23. The number of methoxy groups -OCH3 is 1. The van der Waals surface area contributed by atoms with Crippen molar-refractivity contribution in [2.45, 2.75) is 12.8 Å². The average molecular weight is 295 g/mol. The molecule has 0 unspecified atom stereocenters. The van der Waals surface area contributed by atoms with Crippen molar-refractivity contribution >= 4 is 23.3 Å². The van der Waals surface area contributed by atoms with Crippen LogP contribution in [0.3, 0.4) is 0 Å². The van der Waals surface area contributed by atoms with Gasteiger partial charge in [0, 0.05) is 32.6 Å². The third-order valence-corrected chi connectivity index (χ3v) is 3.05. The molecule has 0 bridgehead atoms. The van der Waals surface area contributed by atoms with E-state index in [0.29, 0.717) is 24.8 Å². The summed E-state index contributed by atoms with van der Waals surface area (Å²) in [5.41, 5.74) is 6.72. The predicted octanol–water partition coefficient (Wildman–Crippen LogP) is 0.731. The first kappa shape index (κ1) is 16.3. The highest BCUT2D eigenvalue weighted by Gasteiger charge is 2.11. The molecule has 20 heavy (non-hydrogen) atoms. The first-order chi connectivity index (χ1) is 9.65. The minimum absolute atomic E-state index is 0.0499. The van der Waals surface area contributed by atoms with E-state index in [1.54, 1.807) is 18.2 Å². The molecule has 1 aromatic heterocycles. The van der Waals surface area contributed by atoms with Crippen LogP contribution in [0.5, 0.6) is 0 Å². The van der Waals surface area contributed by atoms with Gasteiger partial charge >= 0.3 is 0 Å². The van der Waals surface area contributed by atoms with Gasteiger partial charge in [-0.05, 0) is 36.7 Å². The highest BCUT2D eigenvalue weighted by molar-refractivity contribution is 7.80. The van der Waals surface area contributed by atoms with Crippen LogP contribution in [0, 0.1) is 5.41 Å². The van der Waals surface area contributed by atoms with Crippen molar-refractivity contribution in [3.63, 3.8) is 0 Å². The van der Waals surface area contributed by atoms with Gasteiger partial charge in [-0.3, -0.25) is 15.3 Å². The van der Waals surface area contributed by atoms with Crippen LogP contribution in [0.2, 0.25) is 0 Å². The fraction of sp³-hybridized carbons (Fsp3) is 0.462. The standard InChI is InChI=1S/C13H21N5OS/c1-19-9-7-17-13(20)18(12(14)15)8-3-5-11-4-2-6-16-10-11/h2,4,6,10H,3,5,7-9H2,1H3,(H3,14,15)(H,17,20). The van der Waals surface area contributed by atoms with Crippen LogP contribution < -0.4 is 11.1 Å². The third kappa shape index (κ3) is 5.94. The molecule has 7 heteroatoms. The summed E-state index contributed by atoms with van der Waals surface area (Å²) in [6.07, 6.45) is 5.31. The van der Waals surface area contributed by atoms with Crippen molar-refractivity contribution in [1.29, 1.82) is 5.41 Å². The summed E-state index contributed by atoms with van der Waals surface area (Å²) < 4.78 is 4.94. The summed E-state index contributed by atoms with van der Waals surface area (Å²) in [6.45, 7) is 1.76. The maximum absolute atomic E-state index is 7.58. The molecule has 0 aliphatic carbocycles. The molecule has 4 N–H and O–H groups in total. The Morgan fingerprint density at radius 2 is 2.40 bits per heavy atom. The van der Waals surface area contributed by atoms with Crippen molar-refractivity contribution in [3.8, 4) is 0 Å². The Hall–Kier alpha value is -1.73. The molecule has 0 aliphatic rings. The average Bonchev–Trinajstić information content (AvgIpc) is 2.44. The monoisotopic (exact) mass is 295 g/mol. The molecule has 0 amide bonds. The lowest BCUT2D eigenvalue weighted by Gasteiger charge is -2.23. The predicted molar refractivity (Wildman–Crippen MR) is 83.7 cm³/mol. The quantitative estimate of drug-likeness (QED) is 0.297. The van der Waals surface area contributed by atoms with E-state index in [1.165, 1.54) is 0 Å². The molecule has 0 atom stereocenters. The van der Waals surface area contributed by atoms with Gasteiger partial charge in [-0.2, -0.15) is 0 Å². The van der Waals surface area contributed by atoms with Crippen molar-refractivity contribution in [2.75, 3.05) is 26.8 Å². The highest BCUT2D eigenvalue weighted by Crippen LogP contribution is 2.02. The summed E-state index contributed by atoms with van der Waals surface area (Å²) in [7, 11) is 1.63. The number of aromatic nitrogens is 1. The molecular formula is C13H21N5OS. The molecular weight excluding hydrogens is 274 g/mol. The number of hydrogen-bond acceptors (Lipinski definition) is 4. The molecule has 0 spiro atoms. The molecule has 0 saturated carbocycles. The molecule has 1 rings (SSSR count). The SMILES string of the molecule is COCCNC(=S)N(CCCc1cccnc1)C(=N)N. The second kappa shape index (κ2) is 9.22. The van der Waals surface area contributed by atoms with Gasteiger partial charge in [0.15, 0.2) is 11.1 Å². The van der Waals surface area contributed by atoms with E-state index >= 15 is 0 Å². The van der Waals surface area contributed by atoms with Crippen LogP contribution in [0.1, 0.15) is 12.0 Å². The zero-order valence-electron chi connectivity index (χ0n) is 11.6. The fourth-order valence-electron chi connectivity index (χ4n) is 1.67. The van der Waals surface area contributed by atoms with Crippen LogP contribution in [0.4, 0.5) is 0 Å². The van der Waals surface area contributed by atoms with E-state index in [0.717, 1.165) is 18.4 Å². The van der Waals surface area contributed by atoms with Crippen molar-refractivity contribution in [2.24, 2.45) is 5.73 Å². The fourth-order valence-corrected chi connectivity index (χ4v) is 1.97. The number of hydrogen-bond donors (Lipinski definition) is 3. The van der Waals surface area contributed by atoms with Gasteiger partial charge in [0.2, 0.25) is 0 Å². The minimum Gasteiger partial charge on any atom is -0.383 e. The first-order valence-electron chi connectivity index (χ1n) is 6.42. The summed E-state index contributed by atoms with van der Waals surface area (Å²) in [4.78, 5) is 5.65. The molecule has 6 nitrogen and oxygen atoms in total. The number of guanidine groups is 1. The third-order valence-electron chi connectivity index (χ3n) is 2.69. The molecule has 0 saturated heterocycles. The second-order valence-corrected chi connectivity index (χ2v) is 4.61. The number of rotatable bonds is 7. The first-order valence-corrected chi connectivity index (χ1v) is 6.83. The van der Waals surface area contributed by atoms with Crippen molar-refractivity contribution in [1.82, 2.24) is 15.2 Å². The Morgan fingerprint density at radius 3 is 3.00 bits per heavy atom. The largest absolute Gasteiger partial charge is 0.383 e. The molecule has 1 heterocycles. The number of pyridine rings is 1. The number of thiocarbonyl (C=S) groups is 1. The Bertz CT molecular complexity index is 426. The summed E-state index contributed by atoms with van der Waals surface area (Å²) in [5, 5.41) is 11.0. The van der Waals surface area contributed by atoms with E-state index in [4.69, 9.17) is 28.1 Å². The van der Waals surface area contributed by atoms with Gasteiger partial charge in [0.1, 0.15) is 0 Å². The Balaban J connectivity index is 2.39. The summed E-state index contributed by atoms with van der Waals surface area (Å²) >= 11 is 5.22. The minimum atomic E-state index is -0.0499. The van der Waals surface area contributed by atoms with Crippen LogP contribution in [0.25, 0.3) is 0 Å². The van der Waals surface area contributed by atoms with Gasteiger partial charge in [0.05, 0.1) is 6.61 Å². The normalized spacial score (nSPS) is 10.1. The Labute approximate surface area is 124 Å². The van der Waals surface area contributed by atoms with Crippen LogP contribution >= 0.6 is 12.2 Å². The number of nitrogens with one attached hydrogen (secondary N) is 2. The number of nitrogens with two attached hydrogens (primary N) is 1. The van der Waals surface area contributed by atoms with Gasteiger partial charge in [-0.15, -0.1) is 0 Å². The Morgan fingerprint density at radius 1 is 1.60 bits per heavy atom. The number of aryl methyl sites for hydroxylation is 1. The lowest BCUT2D eigenvalue weighted by atomic mass is 10.1. The van der Waals surface area contributed by atoms with Gasteiger partial charge in [0.25, 0.3) is 0 Å². The van der Waals surface area contributed by atoms with Crippen molar-refractivity contribution < 1.29 is 4.74 Å². The highest BCUT2D eigenvalue weighted by atomic mass is 32.1. The molecule has 0 aromatic carbocycles. The lowest BCUT2D eigenvalue weighted by molar-refractivity contribution is 0.203. The van der Waals surface area contributed by atoms with E-state index in [-0.39, 0.29) is 5.96 Å². The maximum Gasteiger partial charge on any atom is 0.194 e. The van der Waals surface area contributed by atoms with E-state index in [2.05, 4.69) is 10.3 Å². The number of nitrogens with zero attached hydrogens (tertiary/aromatic N) is 2. The van der Waals surface area contributed by atoms with Gasteiger partial charge in [-0.1, -0.05) is 6.07 Å². The van der Waals surface area contributed by atoms with Crippen LogP contribution in [-0.4, -0.2) is 47.8 Å². The van der Waals surface area contributed by atoms with E-state index in [1.807, 2.05) is 18.3 Å². The lowest BCUT2D eigenvalue weighted by Crippen LogP contribution is -2.47. The molecule has 0 fully saturated rings. The zero-order chi connectivity index (χ0) is 14.8. The van der Waals surface area contributed by atoms with Crippen LogP contribution in [-0.2, 0) is 11.2 Å². The van der Waals surface area contributed by atoms with Gasteiger partial charge < -0.3 is 15.8 Å². The molecule has 0 radical (unpaired) electrons. The van der Waals surface area contributed by atoms with Crippen molar-refractivity contribution in [3.05, 3.63) is 30.1 Å².